The van der Waals surface area contributed by atoms with Crippen LogP contribution in [-0.4, -0.2) is 44.2 Å². The number of hydrogen-bond donors (Lipinski definition) is 2. The highest BCUT2D eigenvalue weighted by Gasteiger charge is 2.33. The lowest BCUT2D eigenvalue weighted by atomic mass is 9.87. The van der Waals surface area contributed by atoms with Gasteiger partial charge in [0.15, 0.2) is 0 Å². The number of nitrogens with one attached hydrogen (secondary N) is 2. The fraction of sp³-hybridized carbons (Fsp3) is 0.917. The maximum Gasteiger partial charge on any atom is 0.316 e. The van der Waals surface area contributed by atoms with Crippen LogP contribution in [-0.2, 0) is 0 Å². The molecule has 2 amide bonds. The smallest absolute Gasteiger partial charge is 0.316 e. The van der Waals surface area contributed by atoms with Crippen molar-refractivity contribution in [1.29, 1.82) is 0 Å². The van der Waals surface area contributed by atoms with E-state index in [1.54, 1.807) is 19.0 Å². The lowest BCUT2D eigenvalue weighted by Crippen LogP contribution is -2.43. The summed E-state index contributed by atoms with van der Waals surface area (Å²) >= 11 is 0. The van der Waals surface area contributed by atoms with Gasteiger partial charge in [-0.15, -0.1) is 0 Å². The molecule has 0 spiro atoms. The molecule has 0 aliphatic heterocycles. The van der Waals surface area contributed by atoms with Crippen LogP contribution in [0.5, 0.6) is 0 Å². The zero-order valence-electron chi connectivity index (χ0n) is 11.0. The number of amides is 2. The van der Waals surface area contributed by atoms with Crippen molar-refractivity contribution >= 4 is 6.03 Å². The van der Waals surface area contributed by atoms with Crippen LogP contribution >= 0.6 is 0 Å². The van der Waals surface area contributed by atoms with Crippen LogP contribution in [0.25, 0.3) is 0 Å². The summed E-state index contributed by atoms with van der Waals surface area (Å²) in [5.74, 6) is 0. The summed E-state index contributed by atoms with van der Waals surface area (Å²) in [7, 11) is 3.51. The zero-order chi connectivity index (χ0) is 12.2. The minimum atomic E-state index is -0.0208. The second-order valence-corrected chi connectivity index (χ2v) is 5.51. The Morgan fingerprint density at radius 2 is 2.06 bits per heavy atom. The molecular weight excluding hydrogens is 202 g/mol. The third-order valence-electron chi connectivity index (χ3n) is 3.46. The first-order chi connectivity index (χ1) is 7.43. The third-order valence-corrected chi connectivity index (χ3v) is 3.46. The van der Waals surface area contributed by atoms with E-state index in [9.17, 15) is 4.79 Å². The molecular formula is C12H25N3O. The molecule has 4 heteroatoms. The molecule has 1 aliphatic carbocycles. The summed E-state index contributed by atoms with van der Waals surface area (Å²) < 4.78 is 0. The lowest BCUT2D eigenvalue weighted by Gasteiger charge is -2.28. The van der Waals surface area contributed by atoms with Crippen molar-refractivity contribution in [1.82, 2.24) is 15.5 Å². The van der Waals surface area contributed by atoms with Gasteiger partial charge in [0.05, 0.1) is 0 Å². The number of rotatable bonds is 4. The summed E-state index contributed by atoms with van der Waals surface area (Å²) in [5, 5.41) is 6.39. The van der Waals surface area contributed by atoms with Crippen molar-refractivity contribution in [3.63, 3.8) is 0 Å². The minimum Gasteiger partial charge on any atom is -0.337 e. The van der Waals surface area contributed by atoms with Crippen molar-refractivity contribution in [2.75, 3.05) is 27.2 Å². The first-order valence-electron chi connectivity index (χ1n) is 6.12. The molecule has 0 bridgehead atoms. The Morgan fingerprint density at radius 3 is 2.56 bits per heavy atom. The van der Waals surface area contributed by atoms with Crippen molar-refractivity contribution in [3.05, 3.63) is 0 Å². The van der Waals surface area contributed by atoms with Gasteiger partial charge in [-0.2, -0.15) is 0 Å². The van der Waals surface area contributed by atoms with Crippen LogP contribution < -0.4 is 10.6 Å². The number of hydrogen-bond acceptors (Lipinski definition) is 2. The molecule has 1 rings (SSSR count). The lowest BCUT2D eigenvalue weighted by molar-refractivity contribution is 0.216. The molecule has 1 aliphatic rings. The molecule has 1 unspecified atom stereocenters. The second kappa shape index (κ2) is 5.53. The Kier molecular flexibility index (Phi) is 4.59. The van der Waals surface area contributed by atoms with E-state index in [4.69, 9.17) is 0 Å². The van der Waals surface area contributed by atoms with Crippen LogP contribution in [0.3, 0.4) is 0 Å². The predicted molar refractivity (Wildman–Crippen MR) is 66.5 cm³/mol. The van der Waals surface area contributed by atoms with E-state index in [0.29, 0.717) is 18.0 Å². The Hall–Kier alpha value is -0.770. The summed E-state index contributed by atoms with van der Waals surface area (Å²) in [4.78, 5) is 12.8. The number of nitrogens with zero attached hydrogens (tertiary/aromatic N) is 1. The van der Waals surface area contributed by atoms with E-state index in [2.05, 4.69) is 24.5 Å². The van der Waals surface area contributed by atoms with Gasteiger partial charge in [0.2, 0.25) is 0 Å². The standard InChI is InChI=1S/C12H25N3O/c1-12(2)7-5-6-10(12)13-8-9-14-11(16)15(3)4/h10,13H,5-9H2,1-4H3,(H,14,16). The molecule has 0 heterocycles. The van der Waals surface area contributed by atoms with Crippen LogP contribution in [0.2, 0.25) is 0 Å². The molecule has 1 saturated carbocycles. The third kappa shape index (κ3) is 3.67. The quantitative estimate of drug-likeness (QED) is 0.714. The van der Waals surface area contributed by atoms with Crippen LogP contribution in [0.1, 0.15) is 33.1 Å². The highest BCUT2D eigenvalue weighted by atomic mass is 16.2. The topological polar surface area (TPSA) is 44.4 Å². The molecule has 0 saturated heterocycles. The summed E-state index contributed by atoms with van der Waals surface area (Å²) in [6.45, 7) is 6.18. The number of carbonyl (C=O) groups is 1. The molecule has 2 N–H and O–H groups in total. The Balaban J connectivity index is 2.14. The predicted octanol–water partition coefficient (Wildman–Crippen LogP) is 1.43. The molecule has 0 aromatic rings. The van der Waals surface area contributed by atoms with Crippen LogP contribution in [0.4, 0.5) is 4.79 Å². The SMILES string of the molecule is CN(C)C(=O)NCCNC1CCCC1(C)C. The maximum absolute atomic E-state index is 11.3. The van der Waals surface area contributed by atoms with Gasteiger partial charge in [0, 0.05) is 33.2 Å². The number of carbonyl (C=O) groups excluding carboxylic acids is 1. The zero-order valence-corrected chi connectivity index (χ0v) is 11.0. The van der Waals surface area contributed by atoms with Crippen LogP contribution in [0, 0.1) is 5.41 Å². The van der Waals surface area contributed by atoms with Gasteiger partial charge in [-0.25, -0.2) is 4.79 Å². The summed E-state index contributed by atoms with van der Waals surface area (Å²) in [5.41, 5.74) is 0.408. The maximum atomic E-state index is 11.3. The molecule has 1 atom stereocenters. The van der Waals surface area contributed by atoms with Crippen molar-refractivity contribution in [3.8, 4) is 0 Å². The second-order valence-electron chi connectivity index (χ2n) is 5.51. The average molecular weight is 227 g/mol. The molecule has 0 aromatic heterocycles. The van der Waals surface area contributed by atoms with Crippen molar-refractivity contribution in [2.24, 2.45) is 5.41 Å². The van der Waals surface area contributed by atoms with Gasteiger partial charge in [-0.1, -0.05) is 20.3 Å². The van der Waals surface area contributed by atoms with E-state index in [1.807, 2.05) is 0 Å². The fourth-order valence-corrected chi connectivity index (χ4v) is 2.28. The Bertz CT molecular complexity index is 238. The molecule has 16 heavy (non-hydrogen) atoms. The van der Waals surface area contributed by atoms with Gasteiger partial charge in [-0.3, -0.25) is 0 Å². The molecule has 4 nitrogen and oxygen atoms in total. The normalized spacial score (nSPS) is 23.1. The van der Waals surface area contributed by atoms with Gasteiger partial charge in [-0.05, 0) is 18.3 Å². The molecule has 94 valence electrons. The first-order valence-corrected chi connectivity index (χ1v) is 6.12. The largest absolute Gasteiger partial charge is 0.337 e. The fourth-order valence-electron chi connectivity index (χ4n) is 2.28. The van der Waals surface area contributed by atoms with Gasteiger partial charge < -0.3 is 15.5 Å². The first kappa shape index (κ1) is 13.3. The molecule has 0 radical (unpaired) electrons. The van der Waals surface area contributed by atoms with E-state index < -0.39 is 0 Å². The van der Waals surface area contributed by atoms with Crippen molar-refractivity contribution in [2.45, 2.75) is 39.2 Å². The van der Waals surface area contributed by atoms with Gasteiger partial charge in [0.25, 0.3) is 0 Å². The van der Waals surface area contributed by atoms with E-state index in [0.717, 1.165) is 6.54 Å². The highest BCUT2D eigenvalue weighted by molar-refractivity contribution is 5.73. The highest BCUT2D eigenvalue weighted by Crippen LogP contribution is 2.36. The van der Waals surface area contributed by atoms with Gasteiger partial charge >= 0.3 is 6.03 Å². The Labute approximate surface area is 98.8 Å². The Morgan fingerprint density at radius 1 is 1.38 bits per heavy atom. The summed E-state index contributed by atoms with van der Waals surface area (Å²) in [6, 6.07) is 0.580. The average Bonchev–Trinajstić information content (AvgIpc) is 2.52. The molecule has 0 aromatic carbocycles. The molecule has 1 fully saturated rings. The minimum absolute atomic E-state index is 0.0208. The van der Waals surface area contributed by atoms with E-state index in [1.165, 1.54) is 19.3 Å². The number of urea groups is 1. The summed E-state index contributed by atoms with van der Waals surface area (Å²) in [6.07, 6.45) is 3.87. The van der Waals surface area contributed by atoms with Gasteiger partial charge in [0.1, 0.15) is 0 Å². The monoisotopic (exact) mass is 227 g/mol. The van der Waals surface area contributed by atoms with Crippen molar-refractivity contribution < 1.29 is 4.79 Å². The van der Waals surface area contributed by atoms with E-state index in [-0.39, 0.29) is 6.03 Å². The van der Waals surface area contributed by atoms with E-state index >= 15 is 0 Å². The van der Waals surface area contributed by atoms with Crippen LogP contribution in [0.15, 0.2) is 0 Å².